The van der Waals surface area contributed by atoms with E-state index in [0.717, 1.165) is 5.56 Å². The number of hydrogen-bond donors (Lipinski definition) is 0. The van der Waals surface area contributed by atoms with E-state index < -0.39 is 0 Å². The van der Waals surface area contributed by atoms with Gasteiger partial charge in [0.1, 0.15) is 0 Å². The van der Waals surface area contributed by atoms with Crippen molar-refractivity contribution in [3.63, 3.8) is 0 Å². The van der Waals surface area contributed by atoms with Crippen molar-refractivity contribution in [3.05, 3.63) is 35.9 Å². The molecule has 1 aliphatic heterocycles. The molecule has 3 nitrogen and oxygen atoms in total. The Morgan fingerprint density at radius 3 is 2.40 bits per heavy atom. The Balaban J connectivity index is 2.21. The summed E-state index contributed by atoms with van der Waals surface area (Å²) in [6, 6.07) is 9.97. The van der Waals surface area contributed by atoms with Crippen LogP contribution in [0.4, 0.5) is 0 Å². The quantitative estimate of drug-likeness (QED) is 0.702. The summed E-state index contributed by atoms with van der Waals surface area (Å²) >= 11 is 0. The van der Waals surface area contributed by atoms with Crippen molar-refractivity contribution in [2.75, 3.05) is 6.73 Å². The van der Waals surface area contributed by atoms with Gasteiger partial charge < -0.3 is 4.74 Å². The van der Waals surface area contributed by atoms with Gasteiger partial charge in [-0.2, -0.15) is 0 Å². The molecule has 0 unspecified atom stereocenters. The molecule has 1 heterocycles. The number of hydrogen-bond acceptors (Lipinski definition) is 3. The van der Waals surface area contributed by atoms with Crippen LogP contribution in [0.1, 0.15) is 26.3 Å². The van der Waals surface area contributed by atoms with Crippen LogP contribution in [0.5, 0.6) is 0 Å². The highest BCUT2D eigenvalue weighted by atomic mass is 16.5. The van der Waals surface area contributed by atoms with Gasteiger partial charge >= 0.3 is 0 Å². The van der Waals surface area contributed by atoms with Crippen molar-refractivity contribution in [2.45, 2.75) is 26.3 Å². The Kier molecular flexibility index (Phi) is 2.39. The van der Waals surface area contributed by atoms with E-state index in [1.54, 1.807) is 0 Å². The molecule has 1 aliphatic rings. The molecular formula is C12H16N2O. The first-order chi connectivity index (χ1) is 7.07. The van der Waals surface area contributed by atoms with Crippen LogP contribution in [-0.2, 0) is 4.74 Å². The Morgan fingerprint density at radius 2 is 1.87 bits per heavy atom. The molecule has 1 aromatic carbocycles. The van der Waals surface area contributed by atoms with E-state index in [9.17, 15) is 0 Å². The maximum Gasteiger partial charge on any atom is 0.240 e. The Morgan fingerprint density at radius 1 is 1.20 bits per heavy atom. The molecule has 3 heteroatoms. The fourth-order valence-corrected chi connectivity index (χ4v) is 1.36. The molecular weight excluding hydrogens is 188 g/mol. The van der Waals surface area contributed by atoms with Crippen LogP contribution >= 0.6 is 0 Å². The van der Waals surface area contributed by atoms with Crippen molar-refractivity contribution >= 4 is 5.90 Å². The molecule has 15 heavy (non-hydrogen) atoms. The van der Waals surface area contributed by atoms with Crippen LogP contribution in [0.2, 0.25) is 0 Å². The fraction of sp³-hybridized carbons (Fsp3) is 0.417. The fourth-order valence-electron chi connectivity index (χ4n) is 1.36. The highest BCUT2D eigenvalue weighted by Crippen LogP contribution is 2.20. The lowest BCUT2D eigenvalue weighted by molar-refractivity contribution is 0.0808. The molecule has 0 aromatic heterocycles. The maximum absolute atomic E-state index is 5.55. The molecule has 0 atom stereocenters. The summed E-state index contributed by atoms with van der Waals surface area (Å²) < 4.78 is 5.55. The Labute approximate surface area is 90.4 Å². The van der Waals surface area contributed by atoms with Gasteiger partial charge in [-0.25, -0.2) is 0 Å². The van der Waals surface area contributed by atoms with Crippen molar-refractivity contribution in [1.82, 2.24) is 5.01 Å². The number of rotatable bonds is 1. The minimum absolute atomic E-state index is 0.0104. The first-order valence-corrected chi connectivity index (χ1v) is 5.12. The summed E-state index contributed by atoms with van der Waals surface area (Å²) in [5.74, 6) is 0.713. The van der Waals surface area contributed by atoms with Crippen LogP contribution in [0.25, 0.3) is 0 Å². The normalized spacial score (nSPS) is 16.2. The van der Waals surface area contributed by atoms with Crippen LogP contribution < -0.4 is 0 Å². The maximum atomic E-state index is 5.55. The lowest BCUT2D eigenvalue weighted by atomic mass is 10.1. The second-order valence-electron chi connectivity index (χ2n) is 4.61. The van der Waals surface area contributed by atoms with Crippen molar-refractivity contribution in [3.8, 4) is 0 Å². The van der Waals surface area contributed by atoms with E-state index in [1.807, 2.05) is 35.3 Å². The van der Waals surface area contributed by atoms with Gasteiger partial charge in [0, 0.05) is 5.56 Å². The molecule has 0 saturated carbocycles. The Bertz CT molecular complexity index is 365. The van der Waals surface area contributed by atoms with Crippen molar-refractivity contribution in [2.24, 2.45) is 5.10 Å². The van der Waals surface area contributed by atoms with Gasteiger partial charge in [0.15, 0.2) is 6.73 Å². The molecule has 0 spiro atoms. The SMILES string of the molecule is CC(C)(C)N1COC(c2ccccc2)=N1. The van der Waals surface area contributed by atoms with Gasteiger partial charge in [0.05, 0.1) is 5.54 Å². The van der Waals surface area contributed by atoms with Gasteiger partial charge in [0.2, 0.25) is 5.90 Å². The Hall–Kier alpha value is -1.51. The zero-order valence-corrected chi connectivity index (χ0v) is 9.40. The molecule has 80 valence electrons. The molecule has 0 fully saturated rings. The van der Waals surface area contributed by atoms with E-state index in [0.29, 0.717) is 12.6 Å². The lowest BCUT2D eigenvalue weighted by Crippen LogP contribution is -2.35. The molecule has 1 aromatic rings. The highest BCUT2D eigenvalue weighted by Gasteiger charge is 2.26. The summed E-state index contributed by atoms with van der Waals surface area (Å²) in [7, 11) is 0. The second kappa shape index (κ2) is 3.57. The van der Waals surface area contributed by atoms with Gasteiger partial charge in [-0.1, -0.05) is 18.2 Å². The summed E-state index contributed by atoms with van der Waals surface area (Å²) in [5, 5.41) is 6.41. The van der Waals surface area contributed by atoms with E-state index in [2.05, 4.69) is 25.9 Å². The first kappa shape index (κ1) is 10.0. The van der Waals surface area contributed by atoms with Crippen LogP contribution in [0.15, 0.2) is 35.4 Å². The van der Waals surface area contributed by atoms with Gasteiger partial charge in [-0.05, 0) is 32.9 Å². The molecule has 0 bridgehead atoms. The van der Waals surface area contributed by atoms with E-state index >= 15 is 0 Å². The minimum atomic E-state index is 0.0104. The lowest BCUT2D eigenvalue weighted by Gasteiger charge is -2.27. The minimum Gasteiger partial charge on any atom is -0.453 e. The van der Waals surface area contributed by atoms with Gasteiger partial charge in [-0.15, -0.1) is 5.10 Å². The van der Waals surface area contributed by atoms with Crippen LogP contribution in [0.3, 0.4) is 0 Å². The molecule has 0 aliphatic carbocycles. The number of hydrazone groups is 1. The number of benzene rings is 1. The smallest absolute Gasteiger partial charge is 0.240 e. The largest absolute Gasteiger partial charge is 0.453 e. The summed E-state index contributed by atoms with van der Waals surface area (Å²) in [4.78, 5) is 0. The zero-order chi connectivity index (χ0) is 10.9. The third-order valence-electron chi connectivity index (χ3n) is 2.33. The van der Waals surface area contributed by atoms with Crippen molar-refractivity contribution in [1.29, 1.82) is 0 Å². The third kappa shape index (κ3) is 2.12. The average molecular weight is 204 g/mol. The monoisotopic (exact) mass is 204 g/mol. The summed E-state index contributed by atoms with van der Waals surface area (Å²) in [5.41, 5.74) is 1.04. The average Bonchev–Trinajstić information content (AvgIpc) is 2.67. The second-order valence-corrected chi connectivity index (χ2v) is 4.61. The van der Waals surface area contributed by atoms with Gasteiger partial charge in [-0.3, -0.25) is 5.01 Å². The zero-order valence-electron chi connectivity index (χ0n) is 9.40. The van der Waals surface area contributed by atoms with Gasteiger partial charge in [0.25, 0.3) is 0 Å². The van der Waals surface area contributed by atoms with Crippen molar-refractivity contribution < 1.29 is 4.74 Å². The predicted octanol–water partition coefficient (Wildman–Crippen LogP) is 2.44. The number of ether oxygens (including phenoxy) is 1. The standard InChI is InChI=1S/C12H16N2O/c1-12(2,3)14-9-15-11(13-14)10-7-5-4-6-8-10/h4-8H,9H2,1-3H3. The molecule has 0 saturated heterocycles. The third-order valence-corrected chi connectivity index (χ3v) is 2.33. The molecule has 0 N–H and O–H groups in total. The van der Waals surface area contributed by atoms with E-state index in [1.165, 1.54) is 0 Å². The topological polar surface area (TPSA) is 24.8 Å². The summed E-state index contributed by atoms with van der Waals surface area (Å²) in [6.45, 7) is 6.89. The van der Waals surface area contributed by atoms with E-state index in [-0.39, 0.29) is 5.54 Å². The van der Waals surface area contributed by atoms with Crippen LogP contribution in [0, 0.1) is 0 Å². The summed E-state index contributed by atoms with van der Waals surface area (Å²) in [6.07, 6.45) is 0. The van der Waals surface area contributed by atoms with E-state index in [4.69, 9.17) is 4.74 Å². The first-order valence-electron chi connectivity index (χ1n) is 5.12. The van der Waals surface area contributed by atoms with Crippen LogP contribution in [-0.4, -0.2) is 23.2 Å². The number of nitrogens with zero attached hydrogens (tertiary/aromatic N) is 2. The molecule has 0 amide bonds. The molecule has 2 rings (SSSR count). The molecule has 0 radical (unpaired) electrons. The predicted molar refractivity (Wildman–Crippen MR) is 60.5 cm³/mol. The highest BCUT2D eigenvalue weighted by molar-refractivity contribution is 5.94.